The smallest absolute Gasteiger partial charge is 0.267 e. The molecule has 32 heavy (non-hydrogen) atoms. The summed E-state index contributed by atoms with van der Waals surface area (Å²) in [5.74, 6) is 0.165. The maximum absolute atomic E-state index is 13.0. The Morgan fingerprint density at radius 2 is 1.88 bits per heavy atom. The summed E-state index contributed by atoms with van der Waals surface area (Å²) in [6, 6.07) is 18.1. The van der Waals surface area contributed by atoms with Gasteiger partial charge in [-0.15, -0.1) is 21.5 Å². The van der Waals surface area contributed by atoms with Crippen LogP contribution in [0.5, 0.6) is 0 Å². The largest absolute Gasteiger partial charge is 0.296 e. The molecule has 0 fully saturated rings. The van der Waals surface area contributed by atoms with Crippen LogP contribution in [0.4, 0.5) is 9.52 Å². The molecule has 0 aliphatic carbocycles. The summed E-state index contributed by atoms with van der Waals surface area (Å²) in [6.07, 6.45) is 0. The van der Waals surface area contributed by atoms with E-state index in [9.17, 15) is 9.18 Å². The first kappa shape index (κ1) is 20.8. The number of benzene rings is 2. The van der Waals surface area contributed by atoms with Gasteiger partial charge in [0.2, 0.25) is 5.13 Å². The van der Waals surface area contributed by atoms with E-state index < -0.39 is 0 Å². The predicted octanol–water partition coefficient (Wildman–Crippen LogP) is 5.93. The number of halogens is 1. The zero-order valence-electron chi connectivity index (χ0n) is 16.8. The first-order valence-corrected chi connectivity index (χ1v) is 12.3. The van der Waals surface area contributed by atoms with E-state index in [-0.39, 0.29) is 11.7 Å². The number of hydrogen-bond acceptors (Lipinski definition) is 7. The molecule has 1 N–H and O–H groups in total. The lowest BCUT2D eigenvalue weighted by Gasteiger charge is -2.01. The summed E-state index contributed by atoms with van der Waals surface area (Å²) in [5.41, 5.74) is 2.81. The van der Waals surface area contributed by atoms with E-state index in [1.807, 2.05) is 48.0 Å². The molecule has 0 saturated carbocycles. The van der Waals surface area contributed by atoms with Crippen molar-refractivity contribution in [2.75, 3.05) is 5.32 Å². The lowest BCUT2D eigenvalue weighted by molar-refractivity contribution is 0.103. The average Bonchev–Trinajstić information content (AvgIpc) is 3.51. The van der Waals surface area contributed by atoms with E-state index in [4.69, 9.17) is 0 Å². The van der Waals surface area contributed by atoms with Gasteiger partial charge < -0.3 is 0 Å². The molecule has 1 amide bonds. The summed E-state index contributed by atoms with van der Waals surface area (Å²) >= 11 is 4.20. The zero-order valence-corrected chi connectivity index (χ0v) is 19.2. The molecule has 160 valence electrons. The number of aryl methyl sites for hydroxylation is 1. The third kappa shape index (κ3) is 4.29. The Balaban J connectivity index is 1.29. The van der Waals surface area contributed by atoms with E-state index in [0.717, 1.165) is 31.5 Å². The number of thiophene rings is 1. The van der Waals surface area contributed by atoms with Crippen molar-refractivity contribution in [2.24, 2.45) is 0 Å². The molecular formula is C22H16FN5OS3. The van der Waals surface area contributed by atoms with Crippen LogP contribution < -0.4 is 5.32 Å². The Bertz CT molecular complexity index is 1390. The molecule has 0 bridgehead atoms. The summed E-state index contributed by atoms with van der Waals surface area (Å²) in [5, 5.41) is 17.0. The Morgan fingerprint density at radius 3 is 2.66 bits per heavy atom. The molecule has 3 heterocycles. The van der Waals surface area contributed by atoms with Crippen molar-refractivity contribution >= 4 is 55.7 Å². The first-order chi connectivity index (χ1) is 15.6. The van der Waals surface area contributed by atoms with Crippen molar-refractivity contribution in [3.63, 3.8) is 0 Å². The van der Waals surface area contributed by atoms with Crippen LogP contribution in [0.2, 0.25) is 0 Å². The SMILES string of the molecule is Cc1nn(-c2ccccc2)c2sc(C(=O)Nc3nnc(SCc4ccc(F)cc4)s3)cc12. The molecule has 10 heteroatoms. The lowest BCUT2D eigenvalue weighted by Crippen LogP contribution is -2.09. The molecule has 0 aliphatic rings. The van der Waals surface area contributed by atoms with E-state index >= 15 is 0 Å². The quantitative estimate of drug-likeness (QED) is 0.240. The Hall–Kier alpha value is -3.08. The Kier molecular flexibility index (Phi) is 5.73. The minimum atomic E-state index is -0.257. The number of amides is 1. The molecule has 3 aromatic heterocycles. The fourth-order valence-corrected chi connectivity index (χ4v) is 5.89. The molecule has 0 saturated heterocycles. The maximum atomic E-state index is 13.0. The van der Waals surface area contributed by atoms with Gasteiger partial charge in [-0.1, -0.05) is 53.4 Å². The maximum Gasteiger partial charge on any atom is 0.267 e. The highest BCUT2D eigenvalue weighted by Crippen LogP contribution is 2.32. The van der Waals surface area contributed by atoms with Gasteiger partial charge in [0, 0.05) is 11.1 Å². The van der Waals surface area contributed by atoms with Gasteiger partial charge >= 0.3 is 0 Å². The van der Waals surface area contributed by atoms with Gasteiger partial charge in [-0.3, -0.25) is 10.1 Å². The summed E-state index contributed by atoms with van der Waals surface area (Å²) in [6.45, 7) is 1.94. The molecule has 0 spiro atoms. The Labute approximate surface area is 195 Å². The van der Waals surface area contributed by atoms with Crippen LogP contribution in [0.3, 0.4) is 0 Å². The minimum Gasteiger partial charge on any atom is -0.296 e. The van der Waals surface area contributed by atoms with E-state index in [2.05, 4.69) is 20.6 Å². The van der Waals surface area contributed by atoms with Crippen LogP contribution in [0.15, 0.2) is 65.0 Å². The monoisotopic (exact) mass is 481 g/mol. The second kappa shape index (κ2) is 8.81. The summed E-state index contributed by atoms with van der Waals surface area (Å²) in [7, 11) is 0. The van der Waals surface area contributed by atoms with E-state index in [0.29, 0.717) is 15.8 Å². The van der Waals surface area contributed by atoms with E-state index in [1.165, 1.54) is 46.6 Å². The van der Waals surface area contributed by atoms with Crippen LogP contribution in [-0.4, -0.2) is 25.9 Å². The zero-order chi connectivity index (χ0) is 22.1. The number of carbonyl (C=O) groups excluding carboxylic acids is 1. The summed E-state index contributed by atoms with van der Waals surface area (Å²) in [4.78, 5) is 14.3. The second-order valence-corrected chi connectivity index (χ2v) is 10.1. The lowest BCUT2D eigenvalue weighted by atomic mass is 10.2. The highest BCUT2D eigenvalue weighted by atomic mass is 32.2. The van der Waals surface area contributed by atoms with Crippen LogP contribution in [-0.2, 0) is 5.75 Å². The Morgan fingerprint density at radius 1 is 1.09 bits per heavy atom. The van der Waals surface area contributed by atoms with Crippen molar-refractivity contribution in [1.82, 2.24) is 20.0 Å². The molecule has 5 aromatic rings. The third-order valence-corrected chi connectivity index (χ3v) is 7.82. The molecule has 0 radical (unpaired) electrons. The number of nitrogens with one attached hydrogen (secondary N) is 1. The molecule has 0 unspecified atom stereocenters. The van der Waals surface area contributed by atoms with Gasteiger partial charge in [0.25, 0.3) is 5.91 Å². The fraction of sp³-hybridized carbons (Fsp3) is 0.0909. The van der Waals surface area contributed by atoms with Gasteiger partial charge in [-0.25, -0.2) is 9.07 Å². The fourth-order valence-electron chi connectivity index (χ4n) is 3.11. The number of aromatic nitrogens is 4. The minimum absolute atomic E-state index is 0.226. The number of nitrogens with zero attached hydrogens (tertiary/aromatic N) is 4. The van der Waals surface area contributed by atoms with Crippen molar-refractivity contribution in [1.29, 1.82) is 0 Å². The van der Waals surface area contributed by atoms with Gasteiger partial charge in [0.1, 0.15) is 10.6 Å². The van der Waals surface area contributed by atoms with Crippen molar-refractivity contribution in [3.8, 4) is 5.69 Å². The number of para-hydroxylation sites is 1. The van der Waals surface area contributed by atoms with Crippen LogP contribution in [0.1, 0.15) is 20.9 Å². The number of carbonyl (C=O) groups is 1. The van der Waals surface area contributed by atoms with Crippen molar-refractivity contribution in [2.45, 2.75) is 17.0 Å². The standard InChI is InChI=1S/C22H16FN5OS3/c1-13-17-11-18(31-20(17)28(27-13)16-5-3-2-4-6-16)19(29)24-21-25-26-22(32-21)30-12-14-7-9-15(23)10-8-14/h2-11H,12H2,1H3,(H,24,25,29). The number of hydrogen-bond donors (Lipinski definition) is 1. The van der Waals surface area contributed by atoms with Crippen LogP contribution >= 0.6 is 34.4 Å². The average molecular weight is 482 g/mol. The number of rotatable bonds is 6. The van der Waals surface area contributed by atoms with Crippen molar-refractivity contribution < 1.29 is 9.18 Å². The number of fused-ring (bicyclic) bond motifs is 1. The van der Waals surface area contributed by atoms with Crippen molar-refractivity contribution in [3.05, 3.63) is 82.6 Å². The highest BCUT2D eigenvalue weighted by Gasteiger charge is 2.18. The van der Waals surface area contributed by atoms with Gasteiger partial charge in [-0.05, 0) is 42.8 Å². The molecular weight excluding hydrogens is 465 g/mol. The number of thioether (sulfide) groups is 1. The number of anilines is 1. The first-order valence-electron chi connectivity index (χ1n) is 9.63. The second-order valence-electron chi connectivity index (χ2n) is 6.90. The molecule has 0 aliphatic heterocycles. The topological polar surface area (TPSA) is 72.7 Å². The molecule has 0 atom stereocenters. The van der Waals surface area contributed by atoms with Gasteiger partial charge in [-0.2, -0.15) is 5.10 Å². The third-order valence-electron chi connectivity index (χ3n) is 4.67. The normalized spacial score (nSPS) is 11.2. The van der Waals surface area contributed by atoms with Gasteiger partial charge in [0.15, 0.2) is 4.34 Å². The van der Waals surface area contributed by atoms with Crippen LogP contribution in [0.25, 0.3) is 15.9 Å². The molecule has 5 rings (SSSR count). The van der Waals surface area contributed by atoms with Crippen LogP contribution in [0, 0.1) is 12.7 Å². The summed E-state index contributed by atoms with van der Waals surface area (Å²) < 4.78 is 15.6. The molecule has 6 nitrogen and oxygen atoms in total. The van der Waals surface area contributed by atoms with Gasteiger partial charge in [0.05, 0.1) is 16.3 Å². The highest BCUT2D eigenvalue weighted by molar-refractivity contribution is 8.00. The molecule has 2 aromatic carbocycles. The predicted molar refractivity (Wildman–Crippen MR) is 128 cm³/mol. The van der Waals surface area contributed by atoms with E-state index in [1.54, 1.807) is 12.1 Å².